The summed E-state index contributed by atoms with van der Waals surface area (Å²) in [6, 6.07) is 3.86. The molecule has 2 N–H and O–H groups in total. The van der Waals surface area contributed by atoms with Crippen LogP contribution in [0.2, 0.25) is 0 Å². The standard InChI is InChI=1S/C11H15N3OS/c1-8-4-5-10(13-7-8)16-14-11(15)9-3-2-6-12-9/h4-5,7,9,12H,2-3,6H2,1H3,(H,14,15)/t9-/m1/s1. The largest absolute Gasteiger partial charge is 0.306 e. The van der Waals surface area contributed by atoms with Gasteiger partial charge in [-0.1, -0.05) is 6.07 Å². The molecule has 0 bridgehead atoms. The molecule has 86 valence electrons. The SMILES string of the molecule is Cc1ccc(SNC(=O)[C@H]2CCCN2)nc1. The third-order valence-electron chi connectivity index (χ3n) is 2.52. The maximum absolute atomic E-state index is 11.7. The number of pyridine rings is 1. The molecule has 1 aromatic heterocycles. The smallest absolute Gasteiger partial charge is 0.247 e. The summed E-state index contributed by atoms with van der Waals surface area (Å²) in [5, 5.41) is 3.97. The first kappa shape index (κ1) is 11.4. The lowest BCUT2D eigenvalue weighted by Gasteiger charge is -2.09. The van der Waals surface area contributed by atoms with Crippen LogP contribution in [-0.2, 0) is 4.79 Å². The molecule has 0 aliphatic carbocycles. The number of carbonyl (C=O) groups is 1. The topological polar surface area (TPSA) is 54.0 Å². The van der Waals surface area contributed by atoms with Crippen LogP contribution in [0.3, 0.4) is 0 Å². The minimum atomic E-state index is -0.0297. The monoisotopic (exact) mass is 237 g/mol. The van der Waals surface area contributed by atoms with Crippen LogP contribution in [0.25, 0.3) is 0 Å². The summed E-state index contributed by atoms with van der Waals surface area (Å²) >= 11 is 1.27. The lowest BCUT2D eigenvalue weighted by atomic mass is 10.2. The zero-order valence-electron chi connectivity index (χ0n) is 9.19. The summed E-state index contributed by atoms with van der Waals surface area (Å²) in [6.07, 6.45) is 3.79. The summed E-state index contributed by atoms with van der Waals surface area (Å²) in [5.74, 6) is 0.0462. The van der Waals surface area contributed by atoms with Gasteiger partial charge in [-0.15, -0.1) is 0 Å². The van der Waals surface area contributed by atoms with E-state index < -0.39 is 0 Å². The van der Waals surface area contributed by atoms with Gasteiger partial charge in [0.25, 0.3) is 0 Å². The highest BCUT2D eigenvalue weighted by molar-refractivity contribution is 7.97. The molecule has 0 radical (unpaired) electrons. The minimum Gasteiger partial charge on any atom is -0.306 e. The second-order valence-corrected chi connectivity index (χ2v) is 4.72. The molecule has 1 fully saturated rings. The molecule has 5 heteroatoms. The van der Waals surface area contributed by atoms with Crippen molar-refractivity contribution < 1.29 is 4.79 Å². The van der Waals surface area contributed by atoms with Crippen molar-refractivity contribution in [2.45, 2.75) is 30.8 Å². The molecular formula is C11H15N3OS. The van der Waals surface area contributed by atoms with Gasteiger partial charge in [-0.25, -0.2) is 4.98 Å². The van der Waals surface area contributed by atoms with E-state index in [0.29, 0.717) is 0 Å². The van der Waals surface area contributed by atoms with Crippen LogP contribution >= 0.6 is 11.9 Å². The minimum absolute atomic E-state index is 0.0297. The van der Waals surface area contributed by atoms with Crippen molar-refractivity contribution in [3.63, 3.8) is 0 Å². The second-order valence-electron chi connectivity index (χ2n) is 3.89. The van der Waals surface area contributed by atoms with E-state index in [9.17, 15) is 4.79 Å². The highest BCUT2D eigenvalue weighted by Crippen LogP contribution is 2.13. The van der Waals surface area contributed by atoms with E-state index in [1.807, 2.05) is 19.1 Å². The zero-order valence-corrected chi connectivity index (χ0v) is 10.0. The molecule has 1 aliphatic heterocycles. The Morgan fingerprint density at radius 2 is 2.50 bits per heavy atom. The fourth-order valence-electron chi connectivity index (χ4n) is 1.60. The average Bonchev–Trinajstić information content (AvgIpc) is 2.81. The second kappa shape index (κ2) is 5.32. The van der Waals surface area contributed by atoms with Crippen molar-refractivity contribution in [3.05, 3.63) is 23.9 Å². The lowest BCUT2D eigenvalue weighted by molar-refractivity contribution is -0.120. The molecule has 1 saturated heterocycles. The van der Waals surface area contributed by atoms with E-state index in [1.165, 1.54) is 11.9 Å². The molecule has 4 nitrogen and oxygen atoms in total. The van der Waals surface area contributed by atoms with Crippen LogP contribution in [0.4, 0.5) is 0 Å². The fraction of sp³-hybridized carbons (Fsp3) is 0.455. The summed E-state index contributed by atoms with van der Waals surface area (Å²) in [4.78, 5) is 15.9. The third kappa shape index (κ3) is 2.96. The summed E-state index contributed by atoms with van der Waals surface area (Å²) in [5.41, 5.74) is 1.12. The van der Waals surface area contributed by atoms with Gasteiger partial charge in [-0.3, -0.25) is 9.52 Å². The summed E-state index contributed by atoms with van der Waals surface area (Å²) < 4.78 is 2.81. The molecule has 1 aromatic rings. The number of carbonyl (C=O) groups excluding carboxylic acids is 1. The molecule has 16 heavy (non-hydrogen) atoms. The Bertz CT molecular complexity index is 360. The van der Waals surface area contributed by atoms with Gasteiger partial charge in [0.15, 0.2) is 0 Å². The summed E-state index contributed by atoms with van der Waals surface area (Å²) in [6.45, 7) is 2.92. The molecule has 1 amide bonds. The van der Waals surface area contributed by atoms with Crippen LogP contribution in [0.1, 0.15) is 18.4 Å². The normalized spacial score (nSPS) is 19.7. The van der Waals surface area contributed by atoms with Gasteiger partial charge in [0, 0.05) is 18.1 Å². The number of hydrogen-bond donors (Lipinski definition) is 2. The van der Waals surface area contributed by atoms with Crippen molar-refractivity contribution in [2.24, 2.45) is 0 Å². The Labute approximate surface area is 99.4 Å². The van der Waals surface area contributed by atoms with Crippen LogP contribution in [0.5, 0.6) is 0 Å². The van der Waals surface area contributed by atoms with E-state index >= 15 is 0 Å². The first-order valence-corrected chi connectivity index (χ1v) is 6.20. The highest BCUT2D eigenvalue weighted by atomic mass is 32.2. The Hall–Kier alpha value is -1.07. The van der Waals surface area contributed by atoms with Crippen molar-refractivity contribution in [3.8, 4) is 0 Å². The van der Waals surface area contributed by atoms with Crippen molar-refractivity contribution in [1.82, 2.24) is 15.0 Å². The number of hydrogen-bond acceptors (Lipinski definition) is 4. The maximum atomic E-state index is 11.7. The maximum Gasteiger partial charge on any atom is 0.247 e. The van der Waals surface area contributed by atoms with Gasteiger partial charge in [0.1, 0.15) is 5.03 Å². The van der Waals surface area contributed by atoms with Crippen LogP contribution in [0, 0.1) is 6.92 Å². The zero-order chi connectivity index (χ0) is 11.4. The van der Waals surface area contributed by atoms with Crippen molar-refractivity contribution in [2.75, 3.05) is 6.54 Å². The molecule has 2 heterocycles. The van der Waals surface area contributed by atoms with Gasteiger partial charge in [0.05, 0.1) is 6.04 Å². The number of rotatable bonds is 3. The summed E-state index contributed by atoms with van der Waals surface area (Å²) in [7, 11) is 0. The van der Waals surface area contributed by atoms with Crippen molar-refractivity contribution >= 4 is 17.9 Å². The quantitative estimate of drug-likeness (QED) is 0.777. The Morgan fingerprint density at radius 1 is 1.62 bits per heavy atom. The number of nitrogens with zero attached hydrogens (tertiary/aromatic N) is 1. The Kier molecular flexibility index (Phi) is 3.79. The molecule has 1 atom stereocenters. The number of aromatic nitrogens is 1. The Balaban J connectivity index is 1.82. The fourth-order valence-corrected chi connectivity index (χ4v) is 2.19. The van der Waals surface area contributed by atoms with E-state index in [4.69, 9.17) is 0 Å². The molecule has 0 spiro atoms. The van der Waals surface area contributed by atoms with E-state index in [-0.39, 0.29) is 11.9 Å². The first-order valence-electron chi connectivity index (χ1n) is 5.38. The van der Waals surface area contributed by atoms with Gasteiger partial charge in [-0.05, 0) is 37.9 Å². The lowest BCUT2D eigenvalue weighted by Crippen LogP contribution is -2.37. The van der Waals surface area contributed by atoms with Gasteiger partial charge >= 0.3 is 0 Å². The van der Waals surface area contributed by atoms with Gasteiger partial charge < -0.3 is 5.32 Å². The average molecular weight is 237 g/mol. The predicted molar refractivity (Wildman–Crippen MR) is 64.0 cm³/mol. The van der Waals surface area contributed by atoms with Gasteiger partial charge in [0.2, 0.25) is 5.91 Å². The van der Waals surface area contributed by atoms with Gasteiger partial charge in [-0.2, -0.15) is 0 Å². The van der Waals surface area contributed by atoms with E-state index in [1.54, 1.807) is 6.20 Å². The van der Waals surface area contributed by atoms with Crippen LogP contribution in [-0.4, -0.2) is 23.5 Å². The number of nitrogens with one attached hydrogen (secondary N) is 2. The number of amides is 1. The van der Waals surface area contributed by atoms with Crippen LogP contribution < -0.4 is 10.0 Å². The molecular weight excluding hydrogens is 222 g/mol. The molecule has 0 aromatic carbocycles. The highest BCUT2D eigenvalue weighted by Gasteiger charge is 2.21. The Morgan fingerprint density at radius 3 is 3.12 bits per heavy atom. The molecule has 2 rings (SSSR count). The molecule has 1 aliphatic rings. The van der Waals surface area contributed by atoms with E-state index in [2.05, 4.69) is 15.0 Å². The molecule has 0 saturated carbocycles. The van der Waals surface area contributed by atoms with Crippen molar-refractivity contribution in [1.29, 1.82) is 0 Å². The first-order chi connectivity index (χ1) is 7.75. The third-order valence-corrected chi connectivity index (χ3v) is 3.27. The number of aryl methyl sites for hydroxylation is 1. The van der Waals surface area contributed by atoms with E-state index in [0.717, 1.165) is 30.0 Å². The molecule has 0 unspecified atom stereocenters. The van der Waals surface area contributed by atoms with Crippen LogP contribution in [0.15, 0.2) is 23.4 Å². The predicted octanol–water partition coefficient (Wildman–Crippen LogP) is 1.27.